The summed E-state index contributed by atoms with van der Waals surface area (Å²) in [7, 11) is -3.38. The van der Waals surface area contributed by atoms with Gasteiger partial charge in [-0.15, -0.1) is 5.06 Å². The fourth-order valence-electron chi connectivity index (χ4n) is 4.80. The Bertz CT molecular complexity index is 1400. The minimum Gasteiger partial charge on any atom is -0.382 e. The Hall–Kier alpha value is -2.75. The normalized spacial score (nSPS) is 21.8. The third-order valence-corrected chi connectivity index (χ3v) is 11.2. The van der Waals surface area contributed by atoms with Crippen LogP contribution in [0.3, 0.4) is 0 Å². The van der Waals surface area contributed by atoms with E-state index in [0.717, 1.165) is 0 Å². The third kappa shape index (κ3) is 3.43. The van der Waals surface area contributed by atoms with Gasteiger partial charge in [0.2, 0.25) is 5.90 Å². The number of nitrogens with zero attached hydrogens (tertiary/aromatic N) is 3. The highest BCUT2D eigenvalue weighted by Gasteiger charge is 2.60. The van der Waals surface area contributed by atoms with Crippen LogP contribution in [-0.4, -0.2) is 22.4 Å². The maximum atomic E-state index is 15.1. The molecule has 0 saturated carbocycles. The van der Waals surface area contributed by atoms with E-state index < -0.39 is 51.4 Å². The Balaban J connectivity index is 1.63. The summed E-state index contributed by atoms with van der Waals surface area (Å²) in [6, 6.07) is 19.8. The molecule has 2 atom stereocenters. The van der Waals surface area contributed by atoms with Crippen LogP contribution in [0.2, 0.25) is 10.0 Å². The van der Waals surface area contributed by atoms with E-state index in [1.807, 2.05) is 67.6 Å². The first-order chi connectivity index (χ1) is 16.7. The summed E-state index contributed by atoms with van der Waals surface area (Å²) in [6.07, 6.45) is 0.315. The Labute approximate surface area is 210 Å². The zero-order valence-electron chi connectivity index (χ0n) is 18.4. The number of benzene rings is 3. The predicted molar refractivity (Wildman–Crippen MR) is 132 cm³/mol. The first kappa shape index (κ1) is 24.0. The Kier molecular flexibility index (Phi) is 5.97. The highest BCUT2D eigenvalue weighted by atomic mass is 35.5. The molecule has 0 radical (unpaired) electrons. The average molecular weight is 532 g/mol. The lowest BCUT2D eigenvalue weighted by molar-refractivity contribution is -0.102. The highest BCUT2D eigenvalue weighted by Crippen LogP contribution is 2.63. The standard InChI is InChI=1S/C25H18Cl2F2N3O2P/c1-25(35(33,15-8-4-2-5-9-15)16-10-6-3-7-11-16)13-12-18-31-24(34-32(18)25)19-17(14-30)22(28)20(26)21(27)23(19)29/h2-11,18H,12-13H2,1H3. The number of hydroxylamine groups is 2. The molecular weight excluding hydrogens is 514 g/mol. The fraction of sp³-hybridized carbons (Fsp3) is 0.200. The van der Waals surface area contributed by atoms with Crippen molar-refractivity contribution < 1.29 is 18.2 Å². The summed E-state index contributed by atoms with van der Waals surface area (Å²) in [4.78, 5) is 10.4. The molecule has 0 aromatic heterocycles. The quantitative estimate of drug-likeness (QED) is 0.235. The van der Waals surface area contributed by atoms with Crippen molar-refractivity contribution in [1.82, 2.24) is 5.06 Å². The second-order valence-corrected chi connectivity index (χ2v) is 12.5. The van der Waals surface area contributed by atoms with Crippen LogP contribution in [0.25, 0.3) is 0 Å². The number of halogens is 4. The van der Waals surface area contributed by atoms with E-state index in [1.165, 1.54) is 5.06 Å². The van der Waals surface area contributed by atoms with Crippen molar-refractivity contribution in [3.05, 3.63) is 93.5 Å². The summed E-state index contributed by atoms with van der Waals surface area (Å²) in [5.74, 6) is -2.57. The van der Waals surface area contributed by atoms with Crippen LogP contribution < -0.4 is 10.6 Å². The van der Waals surface area contributed by atoms with Gasteiger partial charge < -0.3 is 9.40 Å². The third-order valence-electron chi connectivity index (χ3n) is 6.58. The van der Waals surface area contributed by atoms with Gasteiger partial charge in [0.25, 0.3) is 0 Å². The fourth-order valence-corrected chi connectivity index (χ4v) is 8.65. The van der Waals surface area contributed by atoms with Crippen LogP contribution in [-0.2, 0) is 9.40 Å². The summed E-state index contributed by atoms with van der Waals surface area (Å²) < 4.78 is 44.8. The molecule has 1 fully saturated rings. The van der Waals surface area contributed by atoms with E-state index >= 15 is 8.96 Å². The molecule has 2 aliphatic rings. The van der Waals surface area contributed by atoms with Crippen LogP contribution in [0, 0.1) is 23.0 Å². The van der Waals surface area contributed by atoms with E-state index in [0.29, 0.717) is 23.5 Å². The second kappa shape index (κ2) is 8.72. The molecule has 10 heteroatoms. The Morgan fingerprint density at radius 1 is 1.06 bits per heavy atom. The number of nitriles is 1. The molecule has 0 spiro atoms. The molecular formula is C25H18Cl2F2N3O2P. The lowest BCUT2D eigenvalue weighted by atomic mass is 10.1. The lowest BCUT2D eigenvalue weighted by Crippen LogP contribution is -2.47. The van der Waals surface area contributed by atoms with Gasteiger partial charge in [0.15, 0.2) is 18.8 Å². The van der Waals surface area contributed by atoms with Crippen LogP contribution in [0.15, 0.2) is 65.7 Å². The molecule has 2 unspecified atom stereocenters. The van der Waals surface area contributed by atoms with Crippen molar-refractivity contribution in [3.63, 3.8) is 0 Å². The number of rotatable bonds is 4. The summed E-state index contributed by atoms with van der Waals surface area (Å²) >= 11 is 11.6. The first-order valence-corrected chi connectivity index (χ1v) is 13.2. The number of aliphatic imine (C=N–C) groups is 1. The maximum absolute atomic E-state index is 15.1. The molecule has 35 heavy (non-hydrogen) atoms. The number of fused-ring (bicyclic) bond motifs is 1. The first-order valence-electron chi connectivity index (χ1n) is 10.8. The Morgan fingerprint density at radius 3 is 2.14 bits per heavy atom. The molecule has 5 nitrogen and oxygen atoms in total. The summed E-state index contributed by atoms with van der Waals surface area (Å²) in [5, 5.41) is 9.84. The predicted octanol–water partition coefficient (Wildman–Crippen LogP) is 5.99. The minimum atomic E-state index is -3.38. The highest BCUT2D eigenvalue weighted by molar-refractivity contribution is 7.80. The van der Waals surface area contributed by atoms with E-state index in [1.54, 1.807) is 6.07 Å². The van der Waals surface area contributed by atoms with Gasteiger partial charge in [-0.25, -0.2) is 13.8 Å². The topological polar surface area (TPSA) is 65.7 Å². The SMILES string of the molecule is CC1(P(=O)(c2ccccc2)c2ccccc2)CCC2N=C(c3c(F)c(Cl)c(Cl)c(F)c3C#N)ON21. The van der Waals surface area contributed by atoms with Crippen molar-refractivity contribution >= 4 is 46.9 Å². The molecule has 0 amide bonds. The monoisotopic (exact) mass is 531 g/mol. The molecule has 2 aliphatic heterocycles. The van der Waals surface area contributed by atoms with Crippen LogP contribution in [0.4, 0.5) is 8.78 Å². The number of hydrogen-bond donors (Lipinski definition) is 0. The molecule has 0 aliphatic carbocycles. The molecule has 2 heterocycles. The zero-order chi connectivity index (χ0) is 25.0. The van der Waals surface area contributed by atoms with Crippen molar-refractivity contribution in [2.45, 2.75) is 31.2 Å². The molecule has 3 aromatic carbocycles. The summed E-state index contributed by atoms with van der Waals surface area (Å²) in [5.41, 5.74) is -1.17. The van der Waals surface area contributed by atoms with Crippen LogP contribution in [0.1, 0.15) is 30.9 Å². The zero-order valence-corrected chi connectivity index (χ0v) is 20.8. The minimum absolute atomic E-state index is 0.305. The molecule has 3 aromatic rings. The van der Waals surface area contributed by atoms with Gasteiger partial charge in [0.1, 0.15) is 23.1 Å². The van der Waals surface area contributed by atoms with Crippen molar-refractivity contribution in [3.8, 4) is 6.07 Å². The van der Waals surface area contributed by atoms with Crippen molar-refractivity contribution in [1.29, 1.82) is 5.26 Å². The van der Waals surface area contributed by atoms with Gasteiger partial charge in [-0.1, -0.05) is 83.9 Å². The molecule has 0 bridgehead atoms. The van der Waals surface area contributed by atoms with Crippen LogP contribution >= 0.6 is 30.3 Å². The van der Waals surface area contributed by atoms with Gasteiger partial charge in [0.05, 0.1) is 15.6 Å². The lowest BCUT2D eigenvalue weighted by Gasteiger charge is -2.40. The number of hydrogen-bond acceptors (Lipinski definition) is 5. The molecule has 5 rings (SSSR count). The maximum Gasteiger partial charge on any atom is 0.247 e. The Morgan fingerprint density at radius 2 is 1.60 bits per heavy atom. The van der Waals surface area contributed by atoms with Gasteiger partial charge in [0, 0.05) is 10.6 Å². The van der Waals surface area contributed by atoms with Crippen LogP contribution in [0.5, 0.6) is 0 Å². The van der Waals surface area contributed by atoms with Crippen molar-refractivity contribution in [2.75, 3.05) is 0 Å². The molecule has 1 saturated heterocycles. The van der Waals surface area contributed by atoms with Gasteiger partial charge >= 0.3 is 0 Å². The van der Waals surface area contributed by atoms with Crippen molar-refractivity contribution in [2.24, 2.45) is 4.99 Å². The van der Waals surface area contributed by atoms with E-state index in [2.05, 4.69) is 4.99 Å². The molecule has 178 valence electrons. The van der Waals surface area contributed by atoms with E-state index in [-0.39, 0.29) is 5.90 Å². The largest absolute Gasteiger partial charge is 0.382 e. The molecule has 0 N–H and O–H groups in total. The van der Waals surface area contributed by atoms with E-state index in [4.69, 9.17) is 28.0 Å². The van der Waals surface area contributed by atoms with Gasteiger partial charge in [-0.05, 0) is 19.8 Å². The smallest absolute Gasteiger partial charge is 0.247 e. The van der Waals surface area contributed by atoms with Gasteiger partial charge in [-0.2, -0.15) is 5.26 Å². The average Bonchev–Trinajstić information content (AvgIpc) is 3.45. The summed E-state index contributed by atoms with van der Waals surface area (Å²) in [6.45, 7) is 1.82. The van der Waals surface area contributed by atoms with E-state index in [9.17, 15) is 9.65 Å². The van der Waals surface area contributed by atoms with Gasteiger partial charge in [-0.3, -0.25) is 0 Å². The second-order valence-electron chi connectivity index (χ2n) is 8.49.